The number of anilines is 1. The second kappa shape index (κ2) is 10.0. The van der Waals surface area contributed by atoms with Gasteiger partial charge in [0.25, 0.3) is 0 Å². The number of nitrogens with one attached hydrogen (secondary N) is 1. The summed E-state index contributed by atoms with van der Waals surface area (Å²) < 4.78 is 45.9. The Morgan fingerprint density at radius 3 is 2.62 bits per heavy atom. The quantitative estimate of drug-likeness (QED) is 0.689. The van der Waals surface area contributed by atoms with Crippen LogP contribution in [-0.4, -0.2) is 67.3 Å². The van der Waals surface area contributed by atoms with E-state index in [2.05, 4.69) is 31.1 Å². The number of hydrogen-bond acceptors (Lipinski definition) is 5. The van der Waals surface area contributed by atoms with Crippen molar-refractivity contribution in [1.82, 2.24) is 15.2 Å². The molecule has 4 atom stereocenters. The van der Waals surface area contributed by atoms with Gasteiger partial charge in [-0.05, 0) is 49.7 Å². The number of nitrogens with zero attached hydrogens (tertiary/aromatic N) is 3. The predicted molar refractivity (Wildman–Crippen MR) is 124 cm³/mol. The molecule has 34 heavy (non-hydrogen) atoms. The summed E-state index contributed by atoms with van der Waals surface area (Å²) in [5, 5.41) is 3.81. The highest BCUT2D eigenvalue weighted by molar-refractivity contribution is 5.84. The molecule has 0 radical (unpaired) electrons. The smallest absolute Gasteiger partial charge is 0.381 e. The van der Waals surface area contributed by atoms with Gasteiger partial charge in [0.2, 0.25) is 5.91 Å². The Balaban J connectivity index is 1.40. The summed E-state index contributed by atoms with van der Waals surface area (Å²) in [7, 11) is 0. The Bertz CT molecular complexity index is 857. The van der Waals surface area contributed by atoms with Crippen LogP contribution in [0.2, 0.25) is 0 Å². The monoisotopic (exact) mass is 482 g/mol. The van der Waals surface area contributed by atoms with Crippen molar-refractivity contribution in [3.63, 3.8) is 0 Å². The van der Waals surface area contributed by atoms with Crippen molar-refractivity contribution in [2.45, 2.75) is 64.7 Å². The van der Waals surface area contributed by atoms with Gasteiger partial charge in [0.05, 0.1) is 17.6 Å². The van der Waals surface area contributed by atoms with Crippen LogP contribution in [0.5, 0.6) is 0 Å². The number of aromatic nitrogens is 1. The third kappa shape index (κ3) is 5.05. The van der Waals surface area contributed by atoms with Crippen LogP contribution in [0.1, 0.15) is 52.0 Å². The van der Waals surface area contributed by atoms with Crippen LogP contribution in [0.4, 0.5) is 19.0 Å². The lowest BCUT2D eigenvalue weighted by Crippen LogP contribution is -2.55. The number of rotatable bonds is 5. The van der Waals surface area contributed by atoms with E-state index >= 15 is 0 Å². The molecule has 2 aliphatic heterocycles. The van der Waals surface area contributed by atoms with Crippen molar-refractivity contribution < 1.29 is 22.7 Å². The SMILES string of the molecule is CC1COCCC1N[C@@H]1CCC(C(=O)N2CCN(c3ncccc3C(F)(F)F)CC2)(C(C)C)C1. The zero-order valence-electron chi connectivity index (χ0n) is 20.4. The van der Waals surface area contributed by atoms with E-state index in [4.69, 9.17) is 4.74 Å². The van der Waals surface area contributed by atoms with E-state index in [1.807, 2.05) is 4.90 Å². The first kappa shape index (κ1) is 25.2. The third-order valence-electron chi connectivity index (χ3n) is 8.13. The maximum atomic E-state index is 13.8. The average Bonchev–Trinajstić information content (AvgIpc) is 3.25. The fourth-order valence-electron chi connectivity index (χ4n) is 5.92. The molecular weight excluding hydrogens is 445 g/mol. The number of alkyl halides is 3. The molecule has 1 saturated carbocycles. The number of carbonyl (C=O) groups is 1. The van der Waals surface area contributed by atoms with E-state index in [1.54, 1.807) is 4.90 Å². The van der Waals surface area contributed by atoms with Gasteiger partial charge in [-0.15, -0.1) is 0 Å². The molecule has 1 amide bonds. The van der Waals surface area contributed by atoms with Gasteiger partial charge in [0.1, 0.15) is 5.82 Å². The summed E-state index contributed by atoms with van der Waals surface area (Å²) in [5.74, 6) is 0.768. The van der Waals surface area contributed by atoms with Gasteiger partial charge >= 0.3 is 6.18 Å². The lowest BCUT2D eigenvalue weighted by molar-refractivity contribution is -0.145. The molecule has 4 rings (SSSR count). The fourth-order valence-corrected chi connectivity index (χ4v) is 5.92. The Hall–Kier alpha value is -1.87. The van der Waals surface area contributed by atoms with E-state index < -0.39 is 17.2 Å². The van der Waals surface area contributed by atoms with Crippen molar-refractivity contribution in [1.29, 1.82) is 0 Å². The normalized spacial score (nSPS) is 30.7. The second-order valence-electron chi connectivity index (χ2n) is 10.5. The molecule has 3 unspecified atom stereocenters. The van der Waals surface area contributed by atoms with Crippen LogP contribution in [0, 0.1) is 17.3 Å². The Morgan fingerprint density at radius 2 is 1.97 bits per heavy atom. The van der Waals surface area contributed by atoms with Gasteiger partial charge in [0.15, 0.2) is 0 Å². The van der Waals surface area contributed by atoms with E-state index in [-0.39, 0.29) is 17.6 Å². The average molecular weight is 483 g/mol. The van der Waals surface area contributed by atoms with Crippen LogP contribution >= 0.6 is 0 Å². The summed E-state index contributed by atoms with van der Waals surface area (Å²) in [6.07, 6.45) is 0.559. The van der Waals surface area contributed by atoms with Gasteiger partial charge in [0, 0.05) is 51.1 Å². The molecule has 1 N–H and O–H groups in total. The molecule has 3 heterocycles. The number of amides is 1. The van der Waals surface area contributed by atoms with E-state index in [0.717, 1.165) is 45.0 Å². The molecule has 1 aliphatic carbocycles. The minimum atomic E-state index is -4.45. The first-order valence-corrected chi connectivity index (χ1v) is 12.5. The molecule has 3 fully saturated rings. The minimum Gasteiger partial charge on any atom is -0.381 e. The maximum absolute atomic E-state index is 13.8. The first-order chi connectivity index (χ1) is 16.1. The molecule has 190 valence electrons. The topological polar surface area (TPSA) is 57.7 Å². The van der Waals surface area contributed by atoms with Crippen molar-refractivity contribution in [2.75, 3.05) is 44.3 Å². The van der Waals surface area contributed by atoms with E-state index in [9.17, 15) is 18.0 Å². The number of hydrogen-bond donors (Lipinski definition) is 1. The van der Waals surface area contributed by atoms with Crippen LogP contribution in [0.15, 0.2) is 18.3 Å². The molecular formula is C25H37F3N4O2. The summed E-state index contributed by atoms with van der Waals surface area (Å²) in [6, 6.07) is 3.10. The van der Waals surface area contributed by atoms with Crippen molar-refractivity contribution in [3.05, 3.63) is 23.9 Å². The molecule has 0 spiro atoms. The molecule has 0 bridgehead atoms. The number of piperazine rings is 1. The molecule has 1 aromatic heterocycles. The van der Waals surface area contributed by atoms with E-state index in [1.165, 1.54) is 12.3 Å². The van der Waals surface area contributed by atoms with Crippen molar-refractivity contribution >= 4 is 11.7 Å². The molecule has 6 nitrogen and oxygen atoms in total. The van der Waals surface area contributed by atoms with Gasteiger partial charge in [-0.2, -0.15) is 13.2 Å². The van der Waals surface area contributed by atoms with Crippen molar-refractivity contribution in [2.24, 2.45) is 17.3 Å². The number of carbonyl (C=O) groups excluding carboxylic acids is 1. The Morgan fingerprint density at radius 1 is 1.24 bits per heavy atom. The Kier molecular flexibility index (Phi) is 7.43. The van der Waals surface area contributed by atoms with Crippen LogP contribution in [-0.2, 0) is 15.7 Å². The highest BCUT2D eigenvalue weighted by Crippen LogP contribution is 2.46. The molecule has 0 aromatic carbocycles. The largest absolute Gasteiger partial charge is 0.419 e. The number of pyridine rings is 1. The third-order valence-corrected chi connectivity index (χ3v) is 8.13. The standard InChI is InChI=1S/C25H37F3N4O2/c1-17(2)24(8-6-19(15-24)30-21-7-14-34-16-18(21)3)23(33)32-12-10-31(11-13-32)22-20(25(26,27)28)5-4-9-29-22/h4-5,9,17-19,21,30H,6-8,10-16H2,1-3H3/t18?,19-,21?,24?/m1/s1. The van der Waals surface area contributed by atoms with E-state index in [0.29, 0.717) is 44.2 Å². The zero-order valence-corrected chi connectivity index (χ0v) is 20.4. The van der Waals surface area contributed by atoms with Gasteiger partial charge in [-0.1, -0.05) is 20.8 Å². The van der Waals surface area contributed by atoms with Crippen molar-refractivity contribution in [3.8, 4) is 0 Å². The van der Waals surface area contributed by atoms with Gasteiger partial charge < -0.3 is 19.9 Å². The summed E-state index contributed by atoms with van der Waals surface area (Å²) in [4.78, 5) is 21.3. The number of halogens is 3. The molecule has 1 aromatic rings. The summed E-state index contributed by atoms with van der Waals surface area (Å²) >= 11 is 0. The predicted octanol–water partition coefficient (Wildman–Crippen LogP) is 3.96. The first-order valence-electron chi connectivity index (χ1n) is 12.5. The Labute approximate surface area is 200 Å². The highest BCUT2D eigenvalue weighted by Gasteiger charge is 2.50. The van der Waals surface area contributed by atoms with Crippen LogP contribution in [0.3, 0.4) is 0 Å². The van der Waals surface area contributed by atoms with Gasteiger partial charge in [-0.25, -0.2) is 4.98 Å². The summed E-state index contributed by atoms with van der Waals surface area (Å²) in [5.41, 5.74) is -1.14. The molecule has 3 aliphatic rings. The number of ether oxygens (including phenoxy) is 1. The molecule has 9 heteroatoms. The van der Waals surface area contributed by atoms with Gasteiger partial charge in [-0.3, -0.25) is 4.79 Å². The lowest BCUT2D eigenvalue weighted by Gasteiger charge is -2.42. The fraction of sp³-hybridized carbons (Fsp3) is 0.760. The lowest BCUT2D eigenvalue weighted by atomic mass is 9.74. The highest BCUT2D eigenvalue weighted by atomic mass is 19.4. The zero-order chi connectivity index (χ0) is 24.5. The van der Waals surface area contributed by atoms with Crippen LogP contribution in [0.25, 0.3) is 0 Å². The second-order valence-corrected chi connectivity index (χ2v) is 10.5. The van der Waals surface area contributed by atoms with Crippen LogP contribution < -0.4 is 10.2 Å². The molecule has 2 saturated heterocycles. The minimum absolute atomic E-state index is 0.0450. The summed E-state index contributed by atoms with van der Waals surface area (Å²) in [6.45, 7) is 9.52. The maximum Gasteiger partial charge on any atom is 0.419 e.